The number of benzene rings is 2. The lowest BCUT2D eigenvalue weighted by atomic mass is 10.1. The normalized spacial score (nSPS) is 12.7. The third-order valence-corrected chi connectivity index (χ3v) is 7.00. The van der Waals surface area contributed by atoms with Gasteiger partial charge < -0.3 is 30.0 Å². The first-order chi connectivity index (χ1) is 22.1. The van der Waals surface area contributed by atoms with Crippen molar-refractivity contribution >= 4 is 29.5 Å². The predicted octanol–water partition coefficient (Wildman–Crippen LogP) is 2.66. The Hall–Kier alpha value is -5.02. The summed E-state index contributed by atoms with van der Waals surface area (Å²) in [6.45, 7) is 3.13. The molecule has 0 aromatic heterocycles. The van der Waals surface area contributed by atoms with E-state index < -0.39 is 35.0 Å². The molecule has 2 aromatic carbocycles. The van der Waals surface area contributed by atoms with Crippen molar-refractivity contribution in [3.05, 3.63) is 75.4 Å². The van der Waals surface area contributed by atoms with Gasteiger partial charge in [-0.25, -0.2) is 4.79 Å². The van der Waals surface area contributed by atoms with Gasteiger partial charge in [-0.15, -0.1) is 0 Å². The Bertz CT molecular complexity index is 1420. The maximum absolute atomic E-state index is 12.7. The van der Waals surface area contributed by atoms with Crippen LogP contribution in [0.15, 0.2) is 54.1 Å². The fraction of sp³-hybridized carbons (Fsp3) is 0.419. The van der Waals surface area contributed by atoms with Crippen LogP contribution in [-0.4, -0.2) is 71.4 Å². The van der Waals surface area contributed by atoms with E-state index in [1.54, 1.807) is 24.8 Å². The molecule has 0 spiro atoms. The second-order valence-electron chi connectivity index (χ2n) is 10.4. The number of hydrogen-bond donors (Lipinski definition) is 4. The Morgan fingerprint density at radius 1 is 1.07 bits per heavy atom. The van der Waals surface area contributed by atoms with Gasteiger partial charge in [0.2, 0.25) is 18.6 Å². The van der Waals surface area contributed by atoms with Gasteiger partial charge in [0.05, 0.1) is 23.1 Å². The molecule has 15 nitrogen and oxygen atoms in total. The van der Waals surface area contributed by atoms with Crippen LogP contribution in [0.25, 0.3) is 0 Å². The molecule has 0 aliphatic carbocycles. The van der Waals surface area contributed by atoms with E-state index in [0.29, 0.717) is 37.1 Å². The molecular formula is C31H39N5O10. The Balaban J connectivity index is 1.41. The van der Waals surface area contributed by atoms with Gasteiger partial charge in [0, 0.05) is 31.6 Å². The number of nitro benzene ring substituents is 1. The molecule has 46 heavy (non-hydrogen) atoms. The van der Waals surface area contributed by atoms with E-state index in [2.05, 4.69) is 16.0 Å². The summed E-state index contributed by atoms with van der Waals surface area (Å²) in [7, 11) is 0. The molecule has 1 aliphatic rings. The Kier molecular flexibility index (Phi) is 13.9. The van der Waals surface area contributed by atoms with Gasteiger partial charge in [0.15, 0.2) is 11.5 Å². The number of carbonyl (C=O) groups is 4. The first-order valence-electron chi connectivity index (χ1n) is 14.7. The molecular weight excluding hydrogens is 602 g/mol. The molecule has 3 rings (SSSR count). The summed E-state index contributed by atoms with van der Waals surface area (Å²) >= 11 is 0. The predicted molar refractivity (Wildman–Crippen MR) is 164 cm³/mol. The monoisotopic (exact) mass is 641 g/mol. The topological polar surface area (TPSA) is 199 Å². The lowest BCUT2D eigenvalue weighted by Crippen LogP contribution is -2.44. The molecule has 0 bridgehead atoms. The van der Waals surface area contributed by atoms with E-state index in [4.69, 9.17) is 14.2 Å². The van der Waals surface area contributed by atoms with Crippen molar-refractivity contribution in [1.82, 2.24) is 20.9 Å². The average Bonchev–Trinajstić information content (AvgIpc) is 3.50. The van der Waals surface area contributed by atoms with E-state index >= 15 is 0 Å². The number of nitrogens with one attached hydrogen (secondary N) is 3. The molecule has 1 unspecified atom stereocenters. The second kappa shape index (κ2) is 18.1. The number of nitrogens with zero attached hydrogens (tertiary/aromatic N) is 2. The number of unbranched alkanes of at least 4 members (excludes halogenated alkanes) is 1. The van der Waals surface area contributed by atoms with Crippen LogP contribution in [0.2, 0.25) is 0 Å². The quantitative estimate of drug-likeness (QED) is 0.0651. The van der Waals surface area contributed by atoms with Gasteiger partial charge in [-0.2, -0.15) is 0 Å². The van der Waals surface area contributed by atoms with Crippen molar-refractivity contribution < 1.29 is 43.4 Å². The van der Waals surface area contributed by atoms with Crippen LogP contribution in [-0.2, 0) is 32.3 Å². The number of fused-ring (bicyclic) bond motifs is 1. The van der Waals surface area contributed by atoms with Crippen LogP contribution in [0.5, 0.6) is 11.5 Å². The lowest BCUT2D eigenvalue weighted by molar-refractivity contribution is -0.385. The molecule has 0 saturated heterocycles. The van der Waals surface area contributed by atoms with E-state index in [1.165, 1.54) is 12.1 Å². The van der Waals surface area contributed by atoms with Gasteiger partial charge in [-0.3, -0.25) is 34.7 Å². The number of rotatable bonds is 17. The molecule has 248 valence electrons. The Labute approximate surface area is 266 Å². The third kappa shape index (κ3) is 11.5. The molecule has 4 amide bonds. The zero-order valence-corrected chi connectivity index (χ0v) is 25.8. The standard InChI is InChI=1S/C31H39N5O10/c1-3-21(2)30(40)34-27(37)11-7-8-12-29(39)35(17-22-9-5-4-6-10-22)18-28(38)32-13-14-33-31(41)44-19-23-15-25-26(46-20-45-25)16-24(23)36(42)43/h3-6,9-10,15-16,29,39H,7-8,11-14,17-20H2,1-2H3,(H,32,38)(H,33,41)(H,34,37,40)/b21-3-. The highest BCUT2D eigenvalue weighted by atomic mass is 16.7. The molecule has 4 N–H and O–H groups in total. The maximum Gasteiger partial charge on any atom is 0.407 e. The summed E-state index contributed by atoms with van der Waals surface area (Å²) in [4.78, 5) is 61.1. The Morgan fingerprint density at radius 3 is 2.46 bits per heavy atom. The number of allylic oxidation sites excluding steroid dienone is 1. The van der Waals surface area contributed by atoms with Crippen LogP contribution in [0.3, 0.4) is 0 Å². The fourth-order valence-electron chi connectivity index (χ4n) is 4.36. The zero-order chi connectivity index (χ0) is 33.5. The van der Waals surface area contributed by atoms with E-state index in [-0.39, 0.29) is 56.5 Å². The van der Waals surface area contributed by atoms with Gasteiger partial charge >= 0.3 is 6.09 Å². The maximum atomic E-state index is 12.7. The van der Waals surface area contributed by atoms with Crippen LogP contribution in [0.4, 0.5) is 10.5 Å². The number of nitro groups is 1. The molecule has 0 radical (unpaired) electrons. The number of ether oxygens (including phenoxy) is 3. The number of carbonyl (C=O) groups excluding carboxylic acids is 4. The smallest absolute Gasteiger partial charge is 0.407 e. The number of aliphatic hydroxyl groups is 1. The largest absolute Gasteiger partial charge is 0.454 e. The van der Waals surface area contributed by atoms with Gasteiger partial charge in [0.25, 0.3) is 11.6 Å². The van der Waals surface area contributed by atoms with Crippen LogP contribution < -0.4 is 25.4 Å². The van der Waals surface area contributed by atoms with Crippen LogP contribution in [0, 0.1) is 10.1 Å². The molecule has 1 heterocycles. The first kappa shape index (κ1) is 35.5. The minimum Gasteiger partial charge on any atom is -0.454 e. The highest BCUT2D eigenvalue weighted by Crippen LogP contribution is 2.38. The molecule has 1 aliphatic heterocycles. The summed E-state index contributed by atoms with van der Waals surface area (Å²) in [5.74, 6) is -0.673. The summed E-state index contributed by atoms with van der Waals surface area (Å²) in [6.07, 6.45) is 1.15. The lowest BCUT2D eigenvalue weighted by Gasteiger charge is -2.27. The number of aliphatic hydroxyl groups excluding tert-OH is 1. The van der Waals surface area contributed by atoms with E-state index in [0.717, 1.165) is 5.56 Å². The van der Waals surface area contributed by atoms with Crippen LogP contribution in [0.1, 0.15) is 50.7 Å². The summed E-state index contributed by atoms with van der Waals surface area (Å²) in [5, 5.41) is 29.7. The van der Waals surface area contributed by atoms with E-state index in [9.17, 15) is 34.4 Å². The first-order valence-corrected chi connectivity index (χ1v) is 14.7. The van der Waals surface area contributed by atoms with Crippen molar-refractivity contribution in [3.8, 4) is 11.5 Å². The van der Waals surface area contributed by atoms with Crippen LogP contribution >= 0.6 is 0 Å². The third-order valence-electron chi connectivity index (χ3n) is 7.00. The number of hydrogen-bond acceptors (Lipinski definition) is 11. The molecule has 1 atom stereocenters. The summed E-state index contributed by atoms with van der Waals surface area (Å²) in [6, 6.07) is 11.9. The molecule has 0 fully saturated rings. The van der Waals surface area contributed by atoms with Gasteiger partial charge in [-0.1, -0.05) is 36.4 Å². The average molecular weight is 642 g/mol. The van der Waals surface area contributed by atoms with Crippen molar-refractivity contribution in [2.45, 2.75) is 58.9 Å². The number of amides is 4. The van der Waals surface area contributed by atoms with Gasteiger partial charge in [0.1, 0.15) is 12.8 Å². The molecule has 2 aromatic rings. The highest BCUT2D eigenvalue weighted by Gasteiger charge is 2.24. The number of alkyl carbamates (subject to hydrolysis) is 1. The Morgan fingerprint density at radius 2 is 1.76 bits per heavy atom. The van der Waals surface area contributed by atoms with Crippen molar-refractivity contribution in [3.63, 3.8) is 0 Å². The van der Waals surface area contributed by atoms with Crippen molar-refractivity contribution in [1.29, 1.82) is 0 Å². The second-order valence-corrected chi connectivity index (χ2v) is 10.4. The highest BCUT2D eigenvalue weighted by molar-refractivity contribution is 6.03. The number of imide groups is 1. The van der Waals surface area contributed by atoms with E-state index in [1.807, 2.05) is 30.3 Å². The minimum atomic E-state index is -0.978. The zero-order valence-electron chi connectivity index (χ0n) is 25.8. The minimum absolute atomic E-state index is 0.0210. The van der Waals surface area contributed by atoms with Crippen molar-refractivity contribution in [2.75, 3.05) is 26.4 Å². The summed E-state index contributed by atoms with van der Waals surface area (Å²) in [5.41, 5.74) is 1.19. The van der Waals surface area contributed by atoms with Gasteiger partial charge in [-0.05, 0) is 44.7 Å². The molecule has 15 heteroatoms. The fourth-order valence-corrected chi connectivity index (χ4v) is 4.36. The molecule has 0 saturated carbocycles. The SMILES string of the molecule is C/C=C(/C)C(=O)NC(=O)CCCCC(O)N(CC(=O)NCCNC(=O)OCc1cc2c(cc1[N+](=O)[O-])OCO2)Cc1ccccc1. The van der Waals surface area contributed by atoms with Crippen molar-refractivity contribution in [2.24, 2.45) is 0 Å². The summed E-state index contributed by atoms with van der Waals surface area (Å²) < 4.78 is 15.5.